The number of thioether (sulfide) groups is 1. The molecule has 8 heteroatoms. The van der Waals surface area contributed by atoms with Gasteiger partial charge in [-0.1, -0.05) is 84.6 Å². The fourth-order valence-electron chi connectivity index (χ4n) is 4.90. The van der Waals surface area contributed by atoms with E-state index >= 15 is 0 Å². The Morgan fingerprint density at radius 3 is 2.32 bits per heavy atom. The third-order valence-electron chi connectivity index (χ3n) is 7.20. The molecule has 5 rings (SSSR count). The van der Waals surface area contributed by atoms with E-state index in [0.717, 1.165) is 67.3 Å². The Balaban J connectivity index is 1.11. The summed E-state index contributed by atoms with van der Waals surface area (Å²) in [6.45, 7) is 4.32. The van der Waals surface area contributed by atoms with Crippen molar-refractivity contribution in [3.8, 4) is 11.4 Å². The number of ether oxygens (including phenoxy) is 1. The molecule has 7 nitrogen and oxygen atoms in total. The summed E-state index contributed by atoms with van der Waals surface area (Å²) >= 11 is 1.65. The highest BCUT2D eigenvalue weighted by Gasteiger charge is 2.20. The van der Waals surface area contributed by atoms with E-state index < -0.39 is 0 Å². The van der Waals surface area contributed by atoms with Crippen molar-refractivity contribution in [2.75, 3.05) is 45.6 Å². The lowest BCUT2D eigenvalue weighted by Gasteiger charge is -2.34. The van der Waals surface area contributed by atoms with Gasteiger partial charge in [-0.15, -0.1) is 10.2 Å². The molecule has 0 saturated carbocycles. The van der Waals surface area contributed by atoms with Crippen molar-refractivity contribution in [1.29, 1.82) is 0 Å². The van der Waals surface area contributed by atoms with Crippen molar-refractivity contribution in [2.24, 2.45) is 0 Å². The quantitative estimate of drug-likeness (QED) is 0.164. The molecule has 0 spiro atoms. The van der Waals surface area contributed by atoms with Crippen LogP contribution < -0.4 is 4.74 Å². The second kappa shape index (κ2) is 14.7. The van der Waals surface area contributed by atoms with E-state index in [1.54, 1.807) is 18.9 Å². The molecule has 212 valence electrons. The smallest absolute Gasteiger partial charge is 0.222 e. The van der Waals surface area contributed by atoms with E-state index in [1.165, 1.54) is 11.1 Å². The Morgan fingerprint density at radius 1 is 0.902 bits per heavy atom. The molecular weight excluding hydrogens is 530 g/mol. The van der Waals surface area contributed by atoms with Crippen molar-refractivity contribution in [3.05, 3.63) is 108 Å². The number of methoxy groups -OCH3 is 1. The van der Waals surface area contributed by atoms with Gasteiger partial charge in [0, 0.05) is 57.0 Å². The van der Waals surface area contributed by atoms with Crippen molar-refractivity contribution < 1.29 is 9.53 Å². The minimum Gasteiger partial charge on any atom is -0.497 e. The standard InChI is InChI=1S/C33H37N5O2S/c1-40-30-18-16-29(17-19-30)38-31(26-28-12-6-3-7-13-28)34-35-33(38)41-25-9-15-32(39)37-23-21-36(22-24-37)20-8-14-27-10-4-2-5-11-27/h2-8,10-14,16-19H,9,15,20-26H2,1H3. The maximum absolute atomic E-state index is 12.9. The summed E-state index contributed by atoms with van der Waals surface area (Å²) in [5, 5.41) is 9.91. The van der Waals surface area contributed by atoms with Gasteiger partial charge in [0.25, 0.3) is 0 Å². The third kappa shape index (κ3) is 8.08. The molecule has 3 aromatic carbocycles. The summed E-state index contributed by atoms with van der Waals surface area (Å²) in [6.07, 6.45) is 6.41. The predicted octanol–water partition coefficient (Wildman–Crippen LogP) is 5.60. The van der Waals surface area contributed by atoms with Crippen LogP contribution in [-0.4, -0.2) is 76.1 Å². The van der Waals surface area contributed by atoms with Gasteiger partial charge >= 0.3 is 0 Å². The molecule has 0 bridgehead atoms. The highest BCUT2D eigenvalue weighted by molar-refractivity contribution is 7.99. The molecule has 2 heterocycles. The second-order valence-electron chi connectivity index (χ2n) is 10.0. The normalized spacial score (nSPS) is 14.0. The number of piperazine rings is 1. The zero-order chi connectivity index (χ0) is 28.3. The van der Waals surface area contributed by atoms with E-state index in [4.69, 9.17) is 4.74 Å². The van der Waals surface area contributed by atoms with Gasteiger partial charge in [0.1, 0.15) is 11.6 Å². The van der Waals surface area contributed by atoms with Gasteiger partial charge in [-0.2, -0.15) is 0 Å². The van der Waals surface area contributed by atoms with Gasteiger partial charge in [0.15, 0.2) is 5.16 Å². The number of hydrogen-bond donors (Lipinski definition) is 0. The zero-order valence-corrected chi connectivity index (χ0v) is 24.4. The Hall–Kier alpha value is -3.88. The molecule has 1 saturated heterocycles. The number of nitrogens with zero attached hydrogens (tertiary/aromatic N) is 5. The van der Waals surface area contributed by atoms with Crippen LogP contribution in [0.1, 0.15) is 29.8 Å². The van der Waals surface area contributed by atoms with Crippen LogP contribution in [0, 0.1) is 0 Å². The summed E-state index contributed by atoms with van der Waals surface area (Å²) < 4.78 is 7.46. The van der Waals surface area contributed by atoms with Crippen LogP contribution in [0.4, 0.5) is 0 Å². The van der Waals surface area contributed by atoms with Crippen LogP contribution in [0.2, 0.25) is 0 Å². The van der Waals surface area contributed by atoms with E-state index in [9.17, 15) is 4.79 Å². The average Bonchev–Trinajstić information content (AvgIpc) is 3.42. The number of rotatable bonds is 12. The summed E-state index contributed by atoms with van der Waals surface area (Å²) in [5.74, 6) is 2.74. The number of carbonyl (C=O) groups excluding carboxylic acids is 1. The highest BCUT2D eigenvalue weighted by atomic mass is 32.2. The SMILES string of the molecule is COc1ccc(-n2c(Cc3ccccc3)nnc2SCCCC(=O)N2CCN(CC=Cc3ccccc3)CC2)cc1. The topological polar surface area (TPSA) is 63.5 Å². The van der Waals surface area contributed by atoms with E-state index in [0.29, 0.717) is 12.8 Å². The van der Waals surface area contributed by atoms with Gasteiger partial charge in [0.2, 0.25) is 5.91 Å². The first-order chi connectivity index (χ1) is 20.2. The molecule has 0 aliphatic carbocycles. The fraction of sp³-hybridized carbons (Fsp3) is 0.303. The van der Waals surface area contributed by atoms with Crippen molar-refractivity contribution in [3.63, 3.8) is 0 Å². The van der Waals surface area contributed by atoms with Crippen LogP contribution in [0.15, 0.2) is 96.2 Å². The summed E-state index contributed by atoms with van der Waals surface area (Å²) in [4.78, 5) is 17.3. The minimum atomic E-state index is 0.242. The molecule has 0 radical (unpaired) electrons. The Morgan fingerprint density at radius 2 is 1.61 bits per heavy atom. The molecular formula is C33H37N5O2S. The maximum atomic E-state index is 12.9. The third-order valence-corrected chi connectivity index (χ3v) is 8.22. The first-order valence-corrected chi connectivity index (χ1v) is 15.2. The van der Waals surface area contributed by atoms with E-state index in [2.05, 4.69) is 68.2 Å². The number of aromatic nitrogens is 3. The molecule has 0 unspecified atom stereocenters. The second-order valence-corrected chi connectivity index (χ2v) is 11.1. The average molecular weight is 568 g/mol. The zero-order valence-electron chi connectivity index (χ0n) is 23.6. The molecule has 0 N–H and O–H groups in total. The summed E-state index contributed by atoms with van der Waals surface area (Å²) in [7, 11) is 1.67. The predicted molar refractivity (Wildman–Crippen MR) is 166 cm³/mol. The monoisotopic (exact) mass is 567 g/mol. The van der Waals surface area contributed by atoms with Crippen LogP contribution >= 0.6 is 11.8 Å². The van der Waals surface area contributed by atoms with Crippen LogP contribution in [0.25, 0.3) is 11.8 Å². The molecule has 1 aromatic heterocycles. The number of hydrogen-bond acceptors (Lipinski definition) is 6. The van der Waals surface area contributed by atoms with Gasteiger partial charge in [0.05, 0.1) is 7.11 Å². The van der Waals surface area contributed by atoms with Gasteiger partial charge < -0.3 is 9.64 Å². The van der Waals surface area contributed by atoms with E-state index in [1.807, 2.05) is 53.4 Å². The van der Waals surface area contributed by atoms with Crippen molar-refractivity contribution in [2.45, 2.75) is 24.4 Å². The van der Waals surface area contributed by atoms with Crippen molar-refractivity contribution >= 4 is 23.7 Å². The lowest BCUT2D eigenvalue weighted by molar-refractivity contribution is -0.132. The minimum absolute atomic E-state index is 0.242. The highest BCUT2D eigenvalue weighted by Crippen LogP contribution is 2.26. The maximum Gasteiger partial charge on any atom is 0.222 e. The Bertz CT molecular complexity index is 1400. The number of benzene rings is 3. The Kier molecular flexibility index (Phi) is 10.2. The number of carbonyl (C=O) groups is 1. The Labute approximate surface area is 246 Å². The van der Waals surface area contributed by atoms with Crippen LogP contribution in [-0.2, 0) is 11.2 Å². The largest absolute Gasteiger partial charge is 0.497 e. The van der Waals surface area contributed by atoms with Crippen LogP contribution in [0.5, 0.6) is 5.75 Å². The van der Waals surface area contributed by atoms with Gasteiger partial charge in [-0.3, -0.25) is 14.3 Å². The number of amides is 1. The van der Waals surface area contributed by atoms with Gasteiger partial charge in [-0.05, 0) is 41.8 Å². The molecule has 1 amide bonds. The first kappa shape index (κ1) is 28.6. The summed E-state index contributed by atoms with van der Waals surface area (Å²) in [6, 6.07) is 28.6. The molecule has 1 aliphatic rings. The van der Waals surface area contributed by atoms with Crippen molar-refractivity contribution in [1.82, 2.24) is 24.6 Å². The molecule has 1 fully saturated rings. The molecule has 41 heavy (non-hydrogen) atoms. The lowest BCUT2D eigenvalue weighted by atomic mass is 10.1. The van der Waals surface area contributed by atoms with Crippen LogP contribution in [0.3, 0.4) is 0 Å². The molecule has 0 atom stereocenters. The lowest BCUT2D eigenvalue weighted by Crippen LogP contribution is -2.48. The fourth-order valence-corrected chi connectivity index (χ4v) is 5.81. The first-order valence-electron chi connectivity index (χ1n) is 14.2. The molecule has 4 aromatic rings. The van der Waals surface area contributed by atoms with Gasteiger partial charge in [-0.25, -0.2) is 0 Å². The molecule has 1 aliphatic heterocycles. The summed E-state index contributed by atoms with van der Waals surface area (Å²) in [5.41, 5.74) is 3.40. The van der Waals surface area contributed by atoms with E-state index in [-0.39, 0.29) is 5.91 Å².